The largest absolute Gasteiger partial charge is 0.354 e. The van der Waals surface area contributed by atoms with E-state index in [0.717, 1.165) is 32.2 Å². The zero-order valence-electron chi connectivity index (χ0n) is 11.7. The molecule has 114 valence electrons. The van der Waals surface area contributed by atoms with Gasteiger partial charge in [-0.05, 0) is 44.4 Å². The number of piperidine rings is 2. The summed E-state index contributed by atoms with van der Waals surface area (Å²) in [6.07, 6.45) is 7.05. The lowest BCUT2D eigenvalue weighted by molar-refractivity contribution is -0.130. The van der Waals surface area contributed by atoms with Gasteiger partial charge in [0, 0.05) is 25.0 Å². The van der Waals surface area contributed by atoms with Gasteiger partial charge in [0.15, 0.2) is 0 Å². The van der Waals surface area contributed by atoms with Crippen LogP contribution in [0.1, 0.15) is 44.9 Å². The third kappa shape index (κ3) is 3.64. The summed E-state index contributed by atoms with van der Waals surface area (Å²) in [5.41, 5.74) is 0. The van der Waals surface area contributed by atoms with Crippen LogP contribution >= 0.6 is 12.4 Å². The molecular weight excluding hydrogens is 278 g/mol. The van der Waals surface area contributed by atoms with Crippen molar-refractivity contribution in [3.8, 4) is 0 Å². The Balaban J connectivity index is 0.00000147. The predicted octanol–water partition coefficient (Wildman–Crippen LogP) is 0.724. The van der Waals surface area contributed by atoms with Gasteiger partial charge in [0.25, 0.3) is 0 Å². The van der Waals surface area contributed by atoms with Gasteiger partial charge in [-0.1, -0.05) is 0 Å². The number of rotatable bonds is 3. The maximum atomic E-state index is 12.0. The van der Waals surface area contributed by atoms with E-state index >= 15 is 0 Å². The van der Waals surface area contributed by atoms with Gasteiger partial charge >= 0.3 is 0 Å². The number of carbonyl (C=O) groups excluding carboxylic acids is 2. The van der Waals surface area contributed by atoms with Gasteiger partial charge in [-0.3, -0.25) is 9.59 Å². The van der Waals surface area contributed by atoms with E-state index in [2.05, 4.69) is 16.0 Å². The van der Waals surface area contributed by atoms with E-state index in [-0.39, 0.29) is 30.3 Å². The number of fused-ring (bicyclic) bond motifs is 2. The molecule has 0 aromatic carbocycles. The molecule has 5 nitrogen and oxygen atoms in total. The van der Waals surface area contributed by atoms with Crippen LogP contribution in [0.15, 0.2) is 0 Å². The fourth-order valence-electron chi connectivity index (χ4n) is 3.77. The fraction of sp³-hybridized carbons (Fsp3) is 0.857. The van der Waals surface area contributed by atoms with Crippen LogP contribution in [0.25, 0.3) is 0 Å². The first-order valence-electron chi connectivity index (χ1n) is 7.54. The topological polar surface area (TPSA) is 70.2 Å². The summed E-state index contributed by atoms with van der Waals surface area (Å²) >= 11 is 0. The molecule has 3 aliphatic rings. The molecule has 3 rings (SSSR count). The molecule has 0 saturated carbocycles. The molecular formula is C14H24ClN3O2. The van der Waals surface area contributed by atoms with Crippen molar-refractivity contribution >= 4 is 24.2 Å². The van der Waals surface area contributed by atoms with Crippen molar-refractivity contribution in [1.82, 2.24) is 16.0 Å². The second kappa shape index (κ2) is 6.76. The van der Waals surface area contributed by atoms with Crippen molar-refractivity contribution in [1.29, 1.82) is 0 Å². The highest BCUT2D eigenvalue weighted by Crippen LogP contribution is 2.32. The molecule has 0 aromatic rings. The monoisotopic (exact) mass is 301 g/mol. The molecule has 2 bridgehead atoms. The highest BCUT2D eigenvalue weighted by atomic mass is 35.5. The molecule has 3 heterocycles. The lowest BCUT2D eigenvalue weighted by atomic mass is 9.89. The zero-order valence-corrected chi connectivity index (χ0v) is 12.5. The van der Waals surface area contributed by atoms with Crippen molar-refractivity contribution in [3.05, 3.63) is 0 Å². The zero-order chi connectivity index (χ0) is 13.2. The Hall–Kier alpha value is -0.810. The van der Waals surface area contributed by atoms with Gasteiger partial charge < -0.3 is 16.0 Å². The van der Waals surface area contributed by atoms with Gasteiger partial charge in [0.1, 0.15) is 6.04 Å². The van der Waals surface area contributed by atoms with E-state index in [9.17, 15) is 9.59 Å². The molecule has 0 aromatic heterocycles. The molecule has 3 atom stereocenters. The van der Waals surface area contributed by atoms with Crippen molar-refractivity contribution in [2.24, 2.45) is 5.92 Å². The van der Waals surface area contributed by atoms with Crippen molar-refractivity contribution in [2.75, 3.05) is 6.54 Å². The van der Waals surface area contributed by atoms with Crippen LogP contribution in [-0.2, 0) is 9.59 Å². The number of hydrogen-bond donors (Lipinski definition) is 3. The molecule has 6 heteroatoms. The third-order valence-corrected chi connectivity index (χ3v) is 4.67. The molecule has 3 fully saturated rings. The van der Waals surface area contributed by atoms with E-state index < -0.39 is 0 Å². The smallest absolute Gasteiger partial charge is 0.242 e. The van der Waals surface area contributed by atoms with Gasteiger partial charge in [0.2, 0.25) is 11.8 Å². The molecule has 3 aliphatic heterocycles. The lowest BCUT2D eigenvalue weighted by Gasteiger charge is -2.29. The summed E-state index contributed by atoms with van der Waals surface area (Å²) in [7, 11) is 0. The maximum Gasteiger partial charge on any atom is 0.242 e. The number of halogens is 1. The molecule has 3 N–H and O–H groups in total. The quantitative estimate of drug-likeness (QED) is 0.719. The average Bonchev–Trinajstić information content (AvgIpc) is 2.72. The number of nitrogens with one attached hydrogen (secondary N) is 3. The number of carbonyl (C=O) groups is 2. The van der Waals surface area contributed by atoms with Crippen LogP contribution in [0.3, 0.4) is 0 Å². The van der Waals surface area contributed by atoms with Gasteiger partial charge in [-0.25, -0.2) is 0 Å². The van der Waals surface area contributed by atoms with Crippen LogP contribution in [-0.4, -0.2) is 36.5 Å². The molecule has 0 spiro atoms. The number of hydrogen-bond acceptors (Lipinski definition) is 3. The second-order valence-electron chi connectivity index (χ2n) is 6.23. The maximum absolute atomic E-state index is 12.0. The van der Waals surface area contributed by atoms with Crippen LogP contribution in [0.4, 0.5) is 0 Å². The van der Waals surface area contributed by atoms with E-state index in [1.165, 1.54) is 12.8 Å². The van der Waals surface area contributed by atoms with E-state index in [4.69, 9.17) is 0 Å². The molecule has 3 unspecified atom stereocenters. The van der Waals surface area contributed by atoms with Crippen LogP contribution in [0, 0.1) is 5.92 Å². The van der Waals surface area contributed by atoms with Gasteiger partial charge in [0.05, 0.1) is 0 Å². The third-order valence-electron chi connectivity index (χ3n) is 4.67. The van der Waals surface area contributed by atoms with E-state index in [1.807, 2.05) is 0 Å². The summed E-state index contributed by atoms with van der Waals surface area (Å²) in [5, 5.41) is 9.28. The standard InChI is InChI=1S/C14H23N3O2.ClH/c18-13(17-12-2-1-5-15-14(12)19)8-9-6-10-3-4-11(7-9)16-10;/h9-12,16H,1-8H2,(H,15,19)(H,17,18);1H. The molecule has 3 saturated heterocycles. The first kappa shape index (κ1) is 15.6. The normalized spacial score (nSPS) is 35.9. The van der Waals surface area contributed by atoms with Crippen LogP contribution in [0.5, 0.6) is 0 Å². The molecule has 0 aliphatic carbocycles. The minimum atomic E-state index is -0.306. The second-order valence-corrected chi connectivity index (χ2v) is 6.23. The summed E-state index contributed by atoms with van der Waals surface area (Å²) in [6, 6.07) is 0.934. The summed E-state index contributed by atoms with van der Waals surface area (Å²) < 4.78 is 0. The first-order chi connectivity index (χ1) is 9.20. The van der Waals surface area contributed by atoms with Crippen molar-refractivity contribution in [2.45, 2.75) is 63.1 Å². The first-order valence-corrected chi connectivity index (χ1v) is 7.54. The van der Waals surface area contributed by atoms with Crippen molar-refractivity contribution < 1.29 is 9.59 Å². The van der Waals surface area contributed by atoms with Crippen LogP contribution in [0.2, 0.25) is 0 Å². The Bertz CT molecular complexity index is 365. The van der Waals surface area contributed by atoms with Crippen LogP contribution < -0.4 is 16.0 Å². The fourth-order valence-corrected chi connectivity index (χ4v) is 3.77. The van der Waals surface area contributed by atoms with Gasteiger partial charge in [-0.15, -0.1) is 12.4 Å². The minimum absolute atomic E-state index is 0. The molecule has 20 heavy (non-hydrogen) atoms. The summed E-state index contributed by atoms with van der Waals surface area (Å²) in [6.45, 7) is 0.739. The summed E-state index contributed by atoms with van der Waals surface area (Å²) in [5.74, 6) is 0.517. The Morgan fingerprint density at radius 2 is 1.90 bits per heavy atom. The van der Waals surface area contributed by atoms with E-state index in [1.54, 1.807) is 0 Å². The van der Waals surface area contributed by atoms with Gasteiger partial charge in [-0.2, -0.15) is 0 Å². The highest BCUT2D eigenvalue weighted by molar-refractivity contribution is 5.88. The van der Waals surface area contributed by atoms with Crippen molar-refractivity contribution in [3.63, 3.8) is 0 Å². The molecule has 2 amide bonds. The lowest BCUT2D eigenvalue weighted by Crippen LogP contribution is -2.50. The van der Waals surface area contributed by atoms with E-state index in [0.29, 0.717) is 24.4 Å². The average molecular weight is 302 g/mol. The summed E-state index contributed by atoms with van der Waals surface area (Å²) in [4.78, 5) is 23.6. The SMILES string of the molecule is Cl.O=C(CC1CC2CCC(C1)N2)NC1CCCNC1=O. The highest BCUT2D eigenvalue weighted by Gasteiger charge is 2.34. The Kier molecular flexibility index (Phi) is 5.27. The molecule has 0 radical (unpaired) electrons. The Labute approximate surface area is 126 Å². The minimum Gasteiger partial charge on any atom is -0.354 e. The Morgan fingerprint density at radius 1 is 1.20 bits per heavy atom. The Morgan fingerprint density at radius 3 is 2.55 bits per heavy atom. The predicted molar refractivity (Wildman–Crippen MR) is 78.7 cm³/mol. The number of amides is 2.